The number of carbonyl (C=O) groups excluding carboxylic acids is 1. The van der Waals surface area contributed by atoms with Gasteiger partial charge in [0.15, 0.2) is 11.5 Å². The highest BCUT2D eigenvalue weighted by Crippen LogP contribution is 2.47. The van der Waals surface area contributed by atoms with E-state index in [4.69, 9.17) is 9.47 Å². The highest BCUT2D eigenvalue weighted by atomic mass is 16.5. The second-order valence-electron chi connectivity index (χ2n) is 5.78. The first-order valence-electron chi connectivity index (χ1n) is 7.85. The van der Waals surface area contributed by atoms with Gasteiger partial charge in [-0.3, -0.25) is 4.98 Å². The smallest absolute Gasteiger partial charge is 0.315 e. The van der Waals surface area contributed by atoms with E-state index in [1.807, 2.05) is 36.4 Å². The van der Waals surface area contributed by atoms with Crippen molar-refractivity contribution in [1.29, 1.82) is 0 Å². The molecule has 1 heterocycles. The monoisotopic (exact) mass is 327 g/mol. The Labute approximate surface area is 141 Å². The zero-order valence-electron chi connectivity index (χ0n) is 13.8. The van der Waals surface area contributed by atoms with Crippen LogP contribution >= 0.6 is 0 Å². The van der Waals surface area contributed by atoms with E-state index in [0.29, 0.717) is 18.0 Å². The Balaban J connectivity index is 1.65. The minimum Gasteiger partial charge on any atom is -0.493 e. The molecule has 0 radical (unpaired) electrons. The predicted molar refractivity (Wildman–Crippen MR) is 90.1 cm³/mol. The Hall–Kier alpha value is -2.76. The van der Waals surface area contributed by atoms with Gasteiger partial charge < -0.3 is 20.1 Å². The molecular weight excluding hydrogens is 306 g/mol. The van der Waals surface area contributed by atoms with Crippen molar-refractivity contribution in [3.05, 3.63) is 53.9 Å². The molecule has 6 nitrogen and oxygen atoms in total. The lowest BCUT2D eigenvalue weighted by molar-refractivity contribution is 0.235. The Morgan fingerprint density at radius 2 is 1.96 bits per heavy atom. The van der Waals surface area contributed by atoms with Crippen LogP contribution in [0.2, 0.25) is 0 Å². The number of rotatable bonds is 6. The van der Waals surface area contributed by atoms with Crippen LogP contribution in [0.15, 0.2) is 42.6 Å². The minimum atomic E-state index is -0.326. The first kappa shape index (κ1) is 16.1. The average Bonchev–Trinajstić information content (AvgIpc) is 3.41. The number of nitrogens with zero attached hydrogens (tertiary/aromatic N) is 1. The first-order chi connectivity index (χ1) is 11.7. The molecule has 1 aromatic heterocycles. The molecule has 0 bridgehead atoms. The normalized spacial score (nSPS) is 14.6. The molecule has 2 N–H and O–H groups in total. The molecule has 0 spiro atoms. The number of ether oxygens (including phenoxy) is 2. The molecule has 24 heavy (non-hydrogen) atoms. The number of aromatic nitrogens is 1. The van der Waals surface area contributed by atoms with Crippen LogP contribution in [0.25, 0.3) is 0 Å². The SMILES string of the molecule is COc1ccc(C2(NC(=O)NCc3ccccn3)CC2)cc1OC. The standard InChI is InChI=1S/C18H21N3O3/c1-23-15-7-6-13(11-16(15)24-2)18(8-9-18)21-17(22)20-12-14-5-3-4-10-19-14/h3-7,10-11H,8-9,12H2,1-2H3,(H2,20,21,22). The van der Waals surface area contributed by atoms with E-state index in [1.165, 1.54) is 0 Å². The third-order valence-electron chi connectivity index (χ3n) is 4.20. The highest BCUT2D eigenvalue weighted by molar-refractivity contribution is 5.75. The number of carbonyl (C=O) groups is 1. The number of nitrogens with one attached hydrogen (secondary N) is 2. The van der Waals surface area contributed by atoms with Gasteiger partial charge in [0, 0.05) is 6.20 Å². The Bertz CT molecular complexity index is 715. The van der Waals surface area contributed by atoms with Crippen LogP contribution in [0.3, 0.4) is 0 Å². The van der Waals surface area contributed by atoms with Crippen molar-refractivity contribution in [2.45, 2.75) is 24.9 Å². The Kier molecular flexibility index (Phi) is 4.55. The summed E-state index contributed by atoms with van der Waals surface area (Å²) in [4.78, 5) is 16.4. The molecular formula is C18H21N3O3. The van der Waals surface area contributed by atoms with Gasteiger partial charge in [0.2, 0.25) is 0 Å². The van der Waals surface area contributed by atoms with Crippen LogP contribution in [-0.2, 0) is 12.1 Å². The van der Waals surface area contributed by atoms with Crippen LogP contribution in [0.1, 0.15) is 24.1 Å². The van der Waals surface area contributed by atoms with Crippen molar-refractivity contribution >= 4 is 6.03 Å². The summed E-state index contributed by atoms with van der Waals surface area (Å²) in [5.41, 5.74) is 1.52. The first-order valence-corrected chi connectivity index (χ1v) is 7.85. The van der Waals surface area contributed by atoms with E-state index in [1.54, 1.807) is 20.4 Å². The second-order valence-corrected chi connectivity index (χ2v) is 5.78. The third-order valence-corrected chi connectivity index (χ3v) is 4.20. The minimum absolute atomic E-state index is 0.201. The number of benzene rings is 1. The molecule has 1 fully saturated rings. The summed E-state index contributed by atoms with van der Waals surface area (Å²) in [5.74, 6) is 1.34. The van der Waals surface area contributed by atoms with Gasteiger partial charge in [0.05, 0.1) is 32.0 Å². The summed E-state index contributed by atoms with van der Waals surface area (Å²) in [7, 11) is 3.21. The molecule has 1 saturated carbocycles. The zero-order chi connectivity index (χ0) is 17.0. The summed E-state index contributed by atoms with van der Waals surface area (Å²) in [6.45, 7) is 0.398. The van der Waals surface area contributed by atoms with E-state index in [2.05, 4.69) is 15.6 Å². The molecule has 1 aliphatic carbocycles. The van der Waals surface area contributed by atoms with Gasteiger partial charge in [-0.05, 0) is 42.7 Å². The zero-order valence-corrected chi connectivity index (χ0v) is 13.8. The maximum atomic E-state index is 12.2. The van der Waals surface area contributed by atoms with E-state index in [0.717, 1.165) is 24.1 Å². The molecule has 1 aliphatic rings. The molecule has 1 aromatic carbocycles. The number of pyridine rings is 1. The van der Waals surface area contributed by atoms with E-state index < -0.39 is 0 Å². The van der Waals surface area contributed by atoms with Crippen molar-refractivity contribution in [2.24, 2.45) is 0 Å². The van der Waals surface area contributed by atoms with Crippen molar-refractivity contribution in [1.82, 2.24) is 15.6 Å². The van der Waals surface area contributed by atoms with Gasteiger partial charge >= 0.3 is 6.03 Å². The summed E-state index contributed by atoms with van der Waals surface area (Å²) in [6, 6.07) is 11.2. The maximum Gasteiger partial charge on any atom is 0.315 e. The molecule has 126 valence electrons. The van der Waals surface area contributed by atoms with Crippen LogP contribution in [-0.4, -0.2) is 25.2 Å². The largest absolute Gasteiger partial charge is 0.493 e. The number of methoxy groups -OCH3 is 2. The van der Waals surface area contributed by atoms with Gasteiger partial charge in [-0.2, -0.15) is 0 Å². The molecule has 0 aliphatic heterocycles. The molecule has 6 heteroatoms. The van der Waals surface area contributed by atoms with E-state index in [-0.39, 0.29) is 11.6 Å². The summed E-state index contributed by atoms with van der Waals surface area (Å²) in [6.07, 6.45) is 3.51. The van der Waals surface area contributed by atoms with Crippen LogP contribution in [0.4, 0.5) is 4.79 Å². The quantitative estimate of drug-likeness (QED) is 0.855. The molecule has 0 unspecified atom stereocenters. The van der Waals surface area contributed by atoms with Gasteiger partial charge in [-0.25, -0.2) is 4.79 Å². The lowest BCUT2D eigenvalue weighted by Gasteiger charge is -2.20. The Morgan fingerprint density at radius 1 is 1.17 bits per heavy atom. The maximum absolute atomic E-state index is 12.2. The second kappa shape index (κ2) is 6.78. The fraction of sp³-hybridized carbons (Fsp3) is 0.333. The molecule has 0 atom stereocenters. The lowest BCUT2D eigenvalue weighted by Crippen LogP contribution is -2.42. The number of hydrogen-bond acceptors (Lipinski definition) is 4. The van der Waals surface area contributed by atoms with Crippen LogP contribution in [0.5, 0.6) is 11.5 Å². The fourth-order valence-electron chi connectivity index (χ4n) is 2.68. The van der Waals surface area contributed by atoms with Crippen LogP contribution < -0.4 is 20.1 Å². The van der Waals surface area contributed by atoms with Gasteiger partial charge in [-0.15, -0.1) is 0 Å². The number of amides is 2. The number of urea groups is 1. The van der Waals surface area contributed by atoms with Gasteiger partial charge in [0.1, 0.15) is 0 Å². The molecule has 3 rings (SSSR count). The van der Waals surface area contributed by atoms with Gasteiger partial charge in [0.25, 0.3) is 0 Å². The van der Waals surface area contributed by atoms with Crippen LogP contribution in [0, 0.1) is 0 Å². The van der Waals surface area contributed by atoms with Gasteiger partial charge in [-0.1, -0.05) is 12.1 Å². The van der Waals surface area contributed by atoms with Crippen molar-refractivity contribution in [2.75, 3.05) is 14.2 Å². The number of hydrogen-bond donors (Lipinski definition) is 2. The van der Waals surface area contributed by atoms with E-state index in [9.17, 15) is 4.79 Å². The summed E-state index contributed by atoms with van der Waals surface area (Å²) < 4.78 is 10.6. The lowest BCUT2D eigenvalue weighted by atomic mass is 10.0. The molecule has 2 amide bonds. The fourth-order valence-corrected chi connectivity index (χ4v) is 2.68. The third kappa shape index (κ3) is 3.42. The van der Waals surface area contributed by atoms with E-state index >= 15 is 0 Å². The molecule has 0 saturated heterocycles. The molecule has 2 aromatic rings. The topological polar surface area (TPSA) is 72.5 Å². The van der Waals surface area contributed by atoms with Crippen molar-refractivity contribution < 1.29 is 14.3 Å². The predicted octanol–water partition coefficient (Wildman–Crippen LogP) is 2.59. The highest BCUT2D eigenvalue weighted by Gasteiger charge is 2.46. The van der Waals surface area contributed by atoms with Crippen molar-refractivity contribution in [3.8, 4) is 11.5 Å². The van der Waals surface area contributed by atoms with Crippen molar-refractivity contribution in [3.63, 3.8) is 0 Å². The average molecular weight is 327 g/mol. The Morgan fingerprint density at radius 3 is 2.58 bits per heavy atom. The summed E-state index contributed by atoms with van der Waals surface area (Å²) >= 11 is 0. The summed E-state index contributed by atoms with van der Waals surface area (Å²) in [5, 5.41) is 5.92.